The number of benzene rings is 1. The third kappa shape index (κ3) is 3.62. The number of ether oxygens (including phenoxy) is 1. The van der Waals surface area contributed by atoms with E-state index < -0.39 is 0 Å². The standard InChI is InChI=1S/C19H20N2O3/c1-2-24-19(23)16-12-18(22)21(13-16)17-5-3-14(4-6-17)11-15-7-9-20-10-8-15/h3-10,16H,2,11-13H2,1H3. The lowest BCUT2D eigenvalue weighted by Gasteiger charge is -2.17. The van der Waals surface area contributed by atoms with Crippen LogP contribution < -0.4 is 4.90 Å². The molecular formula is C19H20N2O3. The number of carbonyl (C=O) groups excluding carboxylic acids is 2. The van der Waals surface area contributed by atoms with E-state index in [1.807, 2.05) is 36.4 Å². The lowest BCUT2D eigenvalue weighted by Crippen LogP contribution is -2.26. The number of nitrogens with zero attached hydrogens (tertiary/aromatic N) is 2. The van der Waals surface area contributed by atoms with Crippen LogP contribution in [0, 0.1) is 5.92 Å². The molecule has 1 unspecified atom stereocenters. The highest BCUT2D eigenvalue weighted by atomic mass is 16.5. The van der Waals surface area contributed by atoms with E-state index in [0.717, 1.165) is 12.1 Å². The number of hydrogen-bond acceptors (Lipinski definition) is 4. The van der Waals surface area contributed by atoms with Crippen molar-refractivity contribution in [1.29, 1.82) is 0 Å². The second kappa shape index (κ2) is 7.25. The van der Waals surface area contributed by atoms with Crippen LogP contribution in [0.25, 0.3) is 0 Å². The molecule has 24 heavy (non-hydrogen) atoms. The summed E-state index contributed by atoms with van der Waals surface area (Å²) in [5.74, 6) is -0.688. The molecule has 1 aromatic heterocycles. The molecule has 0 spiro atoms. The van der Waals surface area contributed by atoms with Gasteiger partial charge in [-0.3, -0.25) is 14.6 Å². The zero-order chi connectivity index (χ0) is 16.9. The van der Waals surface area contributed by atoms with Gasteiger partial charge in [-0.2, -0.15) is 0 Å². The molecule has 0 bridgehead atoms. The van der Waals surface area contributed by atoms with Gasteiger partial charge in [0, 0.05) is 31.0 Å². The number of amides is 1. The van der Waals surface area contributed by atoms with Gasteiger partial charge in [0.1, 0.15) is 0 Å². The minimum atomic E-state index is -0.367. The van der Waals surface area contributed by atoms with Gasteiger partial charge >= 0.3 is 5.97 Å². The molecule has 1 amide bonds. The summed E-state index contributed by atoms with van der Waals surface area (Å²) in [5, 5.41) is 0. The summed E-state index contributed by atoms with van der Waals surface area (Å²) in [5.41, 5.74) is 3.18. The Hall–Kier alpha value is -2.69. The van der Waals surface area contributed by atoms with Gasteiger partial charge in [-0.05, 0) is 48.7 Å². The number of aromatic nitrogens is 1. The predicted molar refractivity (Wildman–Crippen MR) is 90.6 cm³/mol. The van der Waals surface area contributed by atoms with Gasteiger partial charge < -0.3 is 9.64 Å². The quantitative estimate of drug-likeness (QED) is 0.793. The Morgan fingerprint density at radius 2 is 1.83 bits per heavy atom. The summed E-state index contributed by atoms with van der Waals surface area (Å²) in [4.78, 5) is 29.7. The highest BCUT2D eigenvalue weighted by Gasteiger charge is 2.35. The first-order valence-corrected chi connectivity index (χ1v) is 8.12. The van der Waals surface area contributed by atoms with Gasteiger partial charge in [-0.25, -0.2) is 0 Å². The van der Waals surface area contributed by atoms with E-state index in [9.17, 15) is 9.59 Å². The molecule has 1 aliphatic heterocycles. The summed E-state index contributed by atoms with van der Waals surface area (Å²) >= 11 is 0. The SMILES string of the molecule is CCOC(=O)C1CC(=O)N(c2ccc(Cc3ccncc3)cc2)C1. The molecule has 2 heterocycles. The Bertz CT molecular complexity index is 713. The van der Waals surface area contributed by atoms with Crippen molar-refractivity contribution < 1.29 is 14.3 Å². The second-order valence-electron chi connectivity index (χ2n) is 5.86. The molecule has 3 rings (SSSR count). The third-order valence-electron chi connectivity index (χ3n) is 4.15. The number of anilines is 1. The first-order valence-electron chi connectivity index (χ1n) is 8.12. The number of esters is 1. The molecule has 0 aliphatic carbocycles. The van der Waals surface area contributed by atoms with Crippen LogP contribution in [-0.2, 0) is 20.7 Å². The van der Waals surface area contributed by atoms with E-state index in [4.69, 9.17) is 4.74 Å². The molecule has 1 fully saturated rings. The first kappa shape index (κ1) is 16.2. The molecule has 0 saturated carbocycles. The number of pyridine rings is 1. The fourth-order valence-corrected chi connectivity index (χ4v) is 2.91. The van der Waals surface area contributed by atoms with Gasteiger partial charge in [0.15, 0.2) is 0 Å². The van der Waals surface area contributed by atoms with Crippen LogP contribution in [0.3, 0.4) is 0 Å². The van der Waals surface area contributed by atoms with E-state index in [0.29, 0.717) is 13.2 Å². The van der Waals surface area contributed by atoms with Crippen molar-refractivity contribution in [3.05, 3.63) is 59.9 Å². The highest BCUT2D eigenvalue weighted by molar-refractivity contribution is 5.99. The predicted octanol–water partition coefficient (Wildman–Crippen LogP) is 2.59. The normalized spacial score (nSPS) is 17.1. The molecule has 5 nitrogen and oxygen atoms in total. The van der Waals surface area contributed by atoms with E-state index in [2.05, 4.69) is 4.98 Å². The molecule has 0 radical (unpaired) electrons. The molecular weight excluding hydrogens is 304 g/mol. The molecule has 1 aromatic carbocycles. The Kier molecular flexibility index (Phi) is 4.89. The average Bonchev–Trinajstić information content (AvgIpc) is 2.99. The molecule has 124 valence electrons. The van der Waals surface area contributed by atoms with Gasteiger partial charge in [0.25, 0.3) is 0 Å². The van der Waals surface area contributed by atoms with Crippen LogP contribution in [0.4, 0.5) is 5.69 Å². The first-order chi connectivity index (χ1) is 11.7. The van der Waals surface area contributed by atoms with Crippen LogP contribution in [0.1, 0.15) is 24.5 Å². The zero-order valence-corrected chi connectivity index (χ0v) is 13.6. The molecule has 0 N–H and O–H groups in total. The fraction of sp³-hybridized carbons (Fsp3) is 0.316. The second-order valence-corrected chi connectivity index (χ2v) is 5.86. The minimum Gasteiger partial charge on any atom is -0.466 e. The van der Waals surface area contributed by atoms with Crippen molar-refractivity contribution >= 4 is 17.6 Å². The van der Waals surface area contributed by atoms with Crippen molar-refractivity contribution in [3.63, 3.8) is 0 Å². The monoisotopic (exact) mass is 324 g/mol. The summed E-state index contributed by atoms with van der Waals surface area (Å²) in [6, 6.07) is 11.9. The van der Waals surface area contributed by atoms with E-state index in [-0.39, 0.29) is 24.2 Å². The Morgan fingerprint density at radius 3 is 2.50 bits per heavy atom. The average molecular weight is 324 g/mol. The lowest BCUT2D eigenvalue weighted by molar-refractivity contribution is -0.147. The Morgan fingerprint density at radius 1 is 1.17 bits per heavy atom. The smallest absolute Gasteiger partial charge is 0.311 e. The van der Waals surface area contributed by atoms with Gasteiger partial charge in [0.05, 0.1) is 12.5 Å². The van der Waals surface area contributed by atoms with Crippen LogP contribution in [-0.4, -0.2) is 30.0 Å². The highest BCUT2D eigenvalue weighted by Crippen LogP contribution is 2.26. The van der Waals surface area contributed by atoms with Gasteiger partial charge in [-0.1, -0.05) is 12.1 Å². The third-order valence-corrected chi connectivity index (χ3v) is 4.15. The maximum absolute atomic E-state index is 12.2. The summed E-state index contributed by atoms with van der Waals surface area (Å²) in [7, 11) is 0. The maximum atomic E-state index is 12.2. The number of hydrogen-bond donors (Lipinski definition) is 0. The summed E-state index contributed by atoms with van der Waals surface area (Å²) < 4.78 is 5.02. The Labute approximate surface area is 141 Å². The molecule has 2 aromatic rings. The number of carbonyl (C=O) groups is 2. The van der Waals surface area contributed by atoms with Crippen LogP contribution in [0.2, 0.25) is 0 Å². The van der Waals surface area contributed by atoms with E-state index in [1.54, 1.807) is 24.2 Å². The van der Waals surface area contributed by atoms with Crippen molar-refractivity contribution in [2.45, 2.75) is 19.8 Å². The zero-order valence-electron chi connectivity index (χ0n) is 13.6. The van der Waals surface area contributed by atoms with Crippen LogP contribution >= 0.6 is 0 Å². The Balaban J connectivity index is 1.67. The van der Waals surface area contributed by atoms with Crippen molar-refractivity contribution in [2.24, 2.45) is 5.92 Å². The number of rotatable bonds is 5. The molecule has 1 aliphatic rings. The van der Waals surface area contributed by atoms with E-state index in [1.165, 1.54) is 11.1 Å². The van der Waals surface area contributed by atoms with Crippen LogP contribution in [0.5, 0.6) is 0 Å². The maximum Gasteiger partial charge on any atom is 0.311 e. The van der Waals surface area contributed by atoms with Crippen LogP contribution in [0.15, 0.2) is 48.8 Å². The lowest BCUT2D eigenvalue weighted by atomic mass is 10.1. The summed E-state index contributed by atoms with van der Waals surface area (Å²) in [6.45, 7) is 2.50. The van der Waals surface area contributed by atoms with Gasteiger partial charge in [0.2, 0.25) is 5.91 Å². The van der Waals surface area contributed by atoms with Crippen molar-refractivity contribution in [2.75, 3.05) is 18.1 Å². The van der Waals surface area contributed by atoms with Crippen molar-refractivity contribution in [1.82, 2.24) is 4.98 Å². The largest absolute Gasteiger partial charge is 0.466 e. The fourth-order valence-electron chi connectivity index (χ4n) is 2.91. The topological polar surface area (TPSA) is 59.5 Å². The molecule has 5 heteroatoms. The molecule has 1 saturated heterocycles. The van der Waals surface area contributed by atoms with Crippen molar-refractivity contribution in [3.8, 4) is 0 Å². The van der Waals surface area contributed by atoms with E-state index >= 15 is 0 Å². The molecule has 1 atom stereocenters. The minimum absolute atomic E-state index is 0.0325. The summed E-state index contributed by atoms with van der Waals surface area (Å²) in [6.07, 6.45) is 4.60. The van der Waals surface area contributed by atoms with Gasteiger partial charge in [-0.15, -0.1) is 0 Å².